The maximum Gasteiger partial charge on any atom is 0.253 e. The first-order chi connectivity index (χ1) is 14.9. The molecule has 166 valence electrons. The minimum atomic E-state index is -3.33. The van der Waals surface area contributed by atoms with Gasteiger partial charge in [-0.25, -0.2) is 8.42 Å². The highest BCUT2D eigenvalue weighted by atomic mass is 32.2. The first kappa shape index (κ1) is 21.8. The van der Waals surface area contributed by atoms with Gasteiger partial charge in [0.25, 0.3) is 5.91 Å². The van der Waals surface area contributed by atoms with Crippen molar-refractivity contribution in [3.63, 3.8) is 0 Å². The van der Waals surface area contributed by atoms with Crippen molar-refractivity contribution >= 4 is 21.6 Å². The highest BCUT2D eigenvalue weighted by Gasteiger charge is 2.44. The highest BCUT2D eigenvalue weighted by Crippen LogP contribution is 2.46. The van der Waals surface area contributed by atoms with E-state index in [-0.39, 0.29) is 17.2 Å². The topological polar surface area (TPSA) is 69.7 Å². The van der Waals surface area contributed by atoms with Gasteiger partial charge in [0.1, 0.15) is 0 Å². The minimum Gasteiger partial charge on any atom is -0.336 e. The fourth-order valence-corrected chi connectivity index (χ4v) is 5.88. The molecule has 4 rings (SSSR count). The molecule has 31 heavy (non-hydrogen) atoms. The zero-order chi connectivity index (χ0) is 21.9. The first-order valence-corrected chi connectivity index (χ1v) is 12.8. The standard InChI is InChI=1S/C24H31N3O3S/c1-2-19-31(29,30)25-22-11-9-20(10-12-22)23(28)26-15-17-27(18-16-26)24(13-6-14-24)21-7-4-3-5-8-21/h3-5,7-12,25H,2,6,13-19H2,1H3. The molecule has 1 saturated carbocycles. The Morgan fingerprint density at radius 2 is 1.61 bits per heavy atom. The predicted octanol–water partition coefficient (Wildman–Crippen LogP) is 3.68. The molecule has 0 atom stereocenters. The molecule has 0 radical (unpaired) electrons. The summed E-state index contributed by atoms with van der Waals surface area (Å²) in [6.45, 7) is 4.98. The van der Waals surface area contributed by atoms with Crippen LogP contribution in [0.15, 0.2) is 54.6 Å². The fraction of sp³-hybridized carbons (Fsp3) is 0.458. The molecule has 1 aliphatic carbocycles. The number of carbonyl (C=O) groups is 1. The maximum atomic E-state index is 13.0. The number of anilines is 1. The lowest BCUT2D eigenvalue weighted by atomic mass is 9.70. The normalized spacial score (nSPS) is 18.9. The molecule has 0 unspecified atom stereocenters. The molecule has 1 amide bonds. The number of hydrogen-bond donors (Lipinski definition) is 1. The molecule has 2 aliphatic rings. The molecule has 1 saturated heterocycles. The second kappa shape index (κ2) is 9.01. The van der Waals surface area contributed by atoms with Gasteiger partial charge in [-0.3, -0.25) is 14.4 Å². The van der Waals surface area contributed by atoms with Crippen LogP contribution in [0.3, 0.4) is 0 Å². The van der Waals surface area contributed by atoms with E-state index in [9.17, 15) is 13.2 Å². The molecule has 0 aromatic heterocycles. The van der Waals surface area contributed by atoms with Crippen LogP contribution in [-0.4, -0.2) is 56.1 Å². The molecule has 1 heterocycles. The Hall–Kier alpha value is -2.38. The van der Waals surface area contributed by atoms with E-state index in [1.165, 1.54) is 24.8 Å². The largest absolute Gasteiger partial charge is 0.336 e. The van der Waals surface area contributed by atoms with Gasteiger partial charge in [-0.05, 0) is 55.5 Å². The Morgan fingerprint density at radius 3 is 2.16 bits per heavy atom. The summed E-state index contributed by atoms with van der Waals surface area (Å²) in [6.07, 6.45) is 4.17. The van der Waals surface area contributed by atoms with Crippen LogP contribution in [-0.2, 0) is 15.6 Å². The molecule has 1 aliphatic heterocycles. The number of piperazine rings is 1. The summed E-state index contributed by atoms with van der Waals surface area (Å²) in [5.41, 5.74) is 2.60. The van der Waals surface area contributed by atoms with Crippen molar-refractivity contribution in [2.24, 2.45) is 0 Å². The van der Waals surface area contributed by atoms with Crippen molar-refractivity contribution in [1.29, 1.82) is 0 Å². The Kier molecular flexibility index (Phi) is 6.34. The van der Waals surface area contributed by atoms with Crippen molar-refractivity contribution < 1.29 is 13.2 Å². The Balaban J connectivity index is 1.37. The lowest BCUT2D eigenvalue weighted by Gasteiger charge is -2.53. The number of amides is 1. The van der Waals surface area contributed by atoms with Crippen LogP contribution < -0.4 is 4.72 Å². The molecule has 2 aromatic carbocycles. The third-order valence-electron chi connectivity index (χ3n) is 6.54. The van der Waals surface area contributed by atoms with E-state index >= 15 is 0 Å². The molecule has 2 aromatic rings. The van der Waals surface area contributed by atoms with Crippen molar-refractivity contribution in [2.45, 2.75) is 38.1 Å². The van der Waals surface area contributed by atoms with E-state index in [1.54, 1.807) is 24.3 Å². The fourth-order valence-electron chi connectivity index (χ4n) is 4.75. The lowest BCUT2D eigenvalue weighted by molar-refractivity contribution is -0.0192. The summed E-state index contributed by atoms with van der Waals surface area (Å²) >= 11 is 0. The molecular formula is C24H31N3O3S. The van der Waals surface area contributed by atoms with Crippen LogP contribution in [0.2, 0.25) is 0 Å². The van der Waals surface area contributed by atoms with Crippen LogP contribution in [0.25, 0.3) is 0 Å². The van der Waals surface area contributed by atoms with Crippen LogP contribution in [0.4, 0.5) is 5.69 Å². The predicted molar refractivity (Wildman–Crippen MR) is 124 cm³/mol. The van der Waals surface area contributed by atoms with Gasteiger partial charge >= 0.3 is 0 Å². The second-order valence-electron chi connectivity index (χ2n) is 8.53. The van der Waals surface area contributed by atoms with E-state index in [0.29, 0.717) is 30.8 Å². The van der Waals surface area contributed by atoms with Crippen molar-refractivity contribution in [1.82, 2.24) is 9.80 Å². The van der Waals surface area contributed by atoms with Gasteiger partial charge in [0, 0.05) is 43.0 Å². The van der Waals surface area contributed by atoms with Crippen molar-refractivity contribution in [3.05, 3.63) is 65.7 Å². The number of hydrogen-bond acceptors (Lipinski definition) is 4. The Labute approximate surface area is 185 Å². The summed E-state index contributed by atoms with van der Waals surface area (Å²) in [4.78, 5) is 17.4. The van der Waals surface area contributed by atoms with Crippen LogP contribution in [0.1, 0.15) is 48.5 Å². The Morgan fingerprint density at radius 1 is 0.968 bits per heavy atom. The number of nitrogens with zero attached hydrogens (tertiary/aromatic N) is 2. The van der Waals surface area contributed by atoms with Crippen LogP contribution in [0.5, 0.6) is 0 Å². The highest BCUT2D eigenvalue weighted by molar-refractivity contribution is 7.92. The lowest BCUT2D eigenvalue weighted by Crippen LogP contribution is -2.59. The van der Waals surface area contributed by atoms with Gasteiger partial charge in [0.15, 0.2) is 0 Å². The molecule has 0 spiro atoms. The number of nitrogens with one attached hydrogen (secondary N) is 1. The van der Waals surface area contributed by atoms with E-state index in [2.05, 4.69) is 40.0 Å². The summed E-state index contributed by atoms with van der Waals surface area (Å²) in [5, 5.41) is 0. The third kappa shape index (κ3) is 4.62. The molecule has 7 heteroatoms. The van der Waals surface area contributed by atoms with Crippen LogP contribution >= 0.6 is 0 Å². The van der Waals surface area contributed by atoms with E-state index < -0.39 is 10.0 Å². The second-order valence-corrected chi connectivity index (χ2v) is 10.4. The number of benzene rings is 2. The zero-order valence-electron chi connectivity index (χ0n) is 18.1. The average Bonchev–Trinajstić information content (AvgIpc) is 2.74. The van der Waals surface area contributed by atoms with Crippen LogP contribution in [0, 0.1) is 0 Å². The number of rotatable bonds is 7. The third-order valence-corrected chi connectivity index (χ3v) is 8.03. The zero-order valence-corrected chi connectivity index (χ0v) is 18.9. The van der Waals surface area contributed by atoms with E-state index in [0.717, 1.165) is 13.1 Å². The van der Waals surface area contributed by atoms with E-state index in [1.807, 2.05) is 11.8 Å². The molecule has 6 nitrogen and oxygen atoms in total. The Bertz CT molecular complexity index is 994. The van der Waals surface area contributed by atoms with E-state index in [4.69, 9.17) is 0 Å². The van der Waals surface area contributed by atoms with Gasteiger partial charge < -0.3 is 4.90 Å². The van der Waals surface area contributed by atoms with Gasteiger partial charge in [0.2, 0.25) is 10.0 Å². The van der Waals surface area contributed by atoms with Gasteiger partial charge in [-0.15, -0.1) is 0 Å². The average molecular weight is 442 g/mol. The quantitative estimate of drug-likeness (QED) is 0.712. The molecule has 1 N–H and O–H groups in total. The molecule has 2 fully saturated rings. The monoisotopic (exact) mass is 441 g/mol. The number of carbonyl (C=O) groups excluding carboxylic acids is 1. The van der Waals surface area contributed by atoms with Crippen molar-refractivity contribution in [3.8, 4) is 0 Å². The number of sulfonamides is 1. The summed E-state index contributed by atoms with van der Waals surface area (Å²) in [5.74, 6) is 0.0904. The van der Waals surface area contributed by atoms with Gasteiger partial charge in [-0.1, -0.05) is 37.3 Å². The van der Waals surface area contributed by atoms with Gasteiger partial charge in [-0.2, -0.15) is 0 Å². The SMILES string of the molecule is CCCS(=O)(=O)Nc1ccc(C(=O)N2CCN(C3(c4ccccc4)CCC3)CC2)cc1. The molecule has 0 bridgehead atoms. The molecular weight excluding hydrogens is 410 g/mol. The maximum absolute atomic E-state index is 13.0. The summed E-state index contributed by atoms with van der Waals surface area (Å²) in [6, 6.07) is 17.5. The summed E-state index contributed by atoms with van der Waals surface area (Å²) < 4.78 is 26.4. The van der Waals surface area contributed by atoms with Crippen molar-refractivity contribution in [2.75, 3.05) is 36.7 Å². The summed E-state index contributed by atoms with van der Waals surface area (Å²) in [7, 11) is -3.33. The smallest absolute Gasteiger partial charge is 0.253 e. The van der Waals surface area contributed by atoms with Gasteiger partial charge in [0.05, 0.1) is 5.75 Å². The minimum absolute atomic E-state index is 0.00462. The first-order valence-electron chi connectivity index (χ1n) is 11.1.